The number of hydrogen-bond donors (Lipinski definition) is 1. The highest BCUT2D eigenvalue weighted by Gasteiger charge is 2.06. The van der Waals surface area contributed by atoms with E-state index in [-0.39, 0.29) is 0 Å². The lowest BCUT2D eigenvalue weighted by Crippen LogP contribution is -1.90. The van der Waals surface area contributed by atoms with Crippen LogP contribution in [0, 0.1) is 6.92 Å². The van der Waals surface area contributed by atoms with Gasteiger partial charge in [-0.1, -0.05) is 31.9 Å². The summed E-state index contributed by atoms with van der Waals surface area (Å²) in [5.41, 5.74) is 5.50. The first kappa shape index (κ1) is 13.8. The second-order valence-electron chi connectivity index (χ2n) is 5.61. The highest BCUT2D eigenvalue weighted by Crippen LogP contribution is 2.20. The van der Waals surface area contributed by atoms with Gasteiger partial charge in [0.15, 0.2) is 5.82 Å². The minimum absolute atomic E-state index is 0.843. The Balaban J connectivity index is 1.81. The highest BCUT2D eigenvalue weighted by atomic mass is 14.9. The third-order valence-electron chi connectivity index (χ3n) is 3.77. The van der Waals surface area contributed by atoms with Crippen molar-refractivity contribution >= 4 is 11.0 Å². The molecule has 1 N–H and O–H groups in total. The second-order valence-corrected chi connectivity index (χ2v) is 5.61. The predicted molar refractivity (Wildman–Crippen MR) is 87.3 cm³/mol. The molecule has 0 bridgehead atoms. The quantitative estimate of drug-likeness (QED) is 0.690. The maximum Gasteiger partial charge on any atom is 0.157 e. The first-order valence-corrected chi connectivity index (χ1v) is 7.68. The van der Waals surface area contributed by atoms with Crippen molar-refractivity contribution in [1.82, 2.24) is 15.0 Å². The molecule has 0 saturated carbocycles. The van der Waals surface area contributed by atoms with Crippen molar-refractivity contribution in [1.29, 1.82) is 0 Å². The van der Waals surface area contributed by atoms with Crippen LogP contribution in [-0.2, 0) is 6.42 Å². The Kier molecular flexibility index (Phi) is 4.00. The fourth-order valence-corrected chi connectivity index (χ4v) is 2.54. The maximum atomic E-state index is 4.61. The smallest absolute Gasteiger partial charge is 0.157 e. The summed E-state index contributed by atoms with van der Waals surface area (Å²) in [6, 6.07) is 10.5. The number of unbranched alkanes of at least 4 members (excludes halogenated alkanes) is 2. The number of aromatic amines is 1. The van der Waals surface area contributed by atoms with E-state index in [1.54, 1.807) is 0 Å². The van der Waals surface area contributed by atoms with Crippen LogP contribution in [0.4, 0.5) is 0 Å². The summed E-state index contributed by atoms with van der Waals surface area (Å²) < 4.78 is 0. The van der Waals surface area contributed by atoms with Gasteiger partial charge in [-0.15, -0.1) is 0 Å². The molecule has 0 fully saturated rings. The number of rotatable bonds is 5. The lowest BCUT2D eigenvalue weighted by molar-refractivity contribution is 0.716. The van der Waals surface area contributed by atoms with Gasteiger partial charge in [0.2, 0.25) is 0 Å². The number of pyridine rings is 1. The van der Waals surface area contributed by atoms with Gasteiger partial charge in [-0.2, -0.15) is 0 Å². The van der Waals surface area contributed by atoms with Crippen molar-refractivity contribution in [3.8, 4) is 11.5 Å². The van der Waals surface area contributed by atoms with Crippen molar-refractivity contribution < 1.29 is 0 Å². The molecule has 3 nitrogen and oxygen atoms in total. The largest absolute Gasteiger partial charge is 0.337 e. The molecule has 0 radical (unpaired) electrons. The van der Waals surface area contributed by atoms with Crippen LogP contribution < -0.4 is 0 Å². The molecule has 0 aliphatic rings. The number of aryl methyl sites for hydroxylation is 2. The topological polar surface area (TPSA) is 41.6 Å². The molecule has 21 heavy (non-hydrogen) atoms. The van der Waals surface area contributed by atoms with Crippen LogP contribution >= 0.6 is 0 Å². The van der Waals surface area contributed by atoms with Gasteiger partial charge in [0, 0.05) is 6.20 Å². The highest BCUT2D eigenvalue weighted by molar-refractivity contribution is 5.79. The Morgan fingerprint density at radius 1 is 1.10 bits per heavy atom. The van der Waals surface area contributed by atoms with Crippen molar-refractivity contribution in [2.45, 2.75) is 39.5 Å². The number of aromatic nitrogens is 3. The van der Waals surface area contributed by atoms with Gasteiger partial charge in [0.25, 0.3) is 0 Å². The van der Waals surface area contributed by atoms with Gasteiger partial charge in [-0.25, -0.2) is 4.98 Å². The monoisotopic (exact) mass is 279 g/mol. The standard InChI is InChI=1S/C18H21N3/c1-3-4-5-6-14-8-10-16(19-12-14)18-20-15-9-7-13(2)11-17(15)21-18/h7-12H,3-6H2,1-2H3,(H,20,21). The number of hydrogen-bond acceptors (Lipinski definition) is 2. The molecular formula is C18H21N3. The van der Waals surface area contributed by atoms with E-state index in [4.69, 9.17) is 0 Å². The van der Waals surface area contributed by atoms with Gasteiger partial charge >= 0.3 is 0 Å². The van der Waals surface area contributed by atoms with E-state index in [9.17, 15) is 0 Å². The molecule has 2 aromatic heterocycles. The zero-order chi connectivity index (χ0) is 14.7. The zero-order valence-corrected chi connectivity index (χ0v) is 12.7. The van der Waals surface area contributed by atoms with Crippen LogP contribution in [0.3, 0.4) is 0 Å². The second kappa shape index (κ2) is 6.08. The summed E-state index contributed by atoms with van der Waals surface area (Å²) in [4.78, 5) is 12.5. The molecule has 0 aliphatic heterocycles. The lowest BCUT2D eigenvalue weighted by atomic mass is 10.1. The Bertz CT molecular complexity index is 726. The molecule has 0 aliphatic carbocycles. The van der Waals surface area contributed by atoms with E-state index in [0.29, 0.717) is 0 Å². The summed E-state index contributed by atoms with van der Waals surface area (Å²) in [7, 11) is 0. The Labute approximate surface area is 125 Å². The summed E-state index contributed by atoms with van der Waals surface area (Å²) in [6.45, 7) is 4.31. The van der Waals surface area contributed by atoms with Crippen molar-refractivity contribution in [3.63, 3.8) is 0 Å². The van der Waals surface area contributed by atoms with Gasteiger partial charge < -0.3 is 4.98 Å². The summed E-state index contributed by atoms with van der Waals surface area (Å²) in [5.74, 6) is 0.843. The lowest BCUT2D eigenvalue weighted by Gasteiger charge is -2.01. The number of nitrogens with one attached hydrogen (secondary N) is 1. The average molecular weight is 279 g/mol. The summed E-state index contributed by atoms with van der Waals surface area (Å²) in [6.07, 6.45) is 6.86. The van der Waals surface area contributed by atoms with Crippen LogP contribution in [0.2, 0.25) is 0 Å². The summed E-state index contributed by atoms with van der Waals surface area (Å²) in [5, 5.41) is 0. The van der Waals surface area contributed by atoms with E-state index in [2.05, 4.69) is 53.1 Å². The zero-order valence-electron chi connectivity index (χ0n) is 12.7. The number of fused-ring (bicyclic) bond motifs is 1. The minimum atomic E-state index is 0.843. The fraction of sp³-hybridized carbons (Fsp3) is 0.333. The third-order valence-corrected chi connectivity index (χ3v) is 3.77. The molecule has 0 saturated heterocycles. The minimum Gasteiger partial charge on any atom is -0.337 e. The van der Waals surface area contributed by atoms with Crippen molar-refractivity contribution in [3.05, 3.63) is 47.7 Å². The van der Waals surface area contributed by atoms with E-state index in [0.717, 1.165) is 29.0 Å². The van der Waals surface area contributed by atoms with Crippen LogP contribution in [0.25, 0.3) is 22.6 Å². The molecule has 0 atom stereocenters. The van der Waals surface area contributed by atoms with E-state index in [1.807, 2.05) is 12.3 Å². The molecular weight excluding hydrogens is 258 g/mol. The number of benzene rings is 1. The Morgan fingerprint density at radius 3 is 2.76 bits per heavy atom. The van der Waals surface area contributed by atoms with Crippen molar-refractivity contribution in [2.24, 2.45) is 0 Å². The van der Waals surface area contributed by atoms with Crippen LogP contribution in [0.15, 0.2) is 36.5 Å². The van der Waals surface area contributed by atoms with Gasteiger partial charge in [0.05, 0.1) is 11.0 Å². The fourth-order valence-electron chi connectivity index (χ4n) is 2.54. The van der Waals surface area contributed by atoms with Crippen LogP contribution in [0.5, 0.6) is 0 Å². The van der Waals surface area contributed by atoms with Gasteiger partial charge in [-0.05, 0) is 49.1 Å². The molecule has 0 spiro atoms. The SMILES string of the molecule is CCCCCc1ccc(-c2nc3ccc(C)cc3[nH]2)nc1. The first-order valence-electron chi connectivity index (χ1n) is 7.68. The molecule has 108 valence electrons. The predicted octanol–water partition coefficient (Wildman–Crippen LogP) is 4.67. The number of H-pyrrole nitrogens is 1. The Morgan fingerprint density at radius 2 is 2.00 bits per heavy atom. The molecule has 0 unspecified atom stereocenters. The van der Waals surface area contributed by atoms with Crippen LogP contribution in [0.1, 0.15) is 37.3 Å². The van der Waals surface area contributed by atoms with Gasteiger partial charge in [0.1, 0.15) is 5.69 Å². The molecule has 1 aromatic carbocycles. The number of nitrogens with zero attached hydrogens (tertiary/aromatic N) is 2. The Hall–Kier alpha value is -2.16. The van der Waals surface area contributed by atoms with E-state index >= 15 is 0 Å². The molecule has 2 heterocycles. The molecule has 3 heteroatoms. The van der Waals surface area contributed by atoms with E-state index in [1.165, 1.54) is 30.4 Å². The molecule has 3 aromatic rings. The van der Waals surface area contributed by atoms with Crippen LogP contribution in [-0.4, -0.2) is 15.0 Å². The average Bonchev–Trinajstić information content (AvgIpc) is 2.91. The van der Waals surface area contributed by atoms with Crippen molar-refractivity contribution in [2.75, 3.05) is 0 Å². The third kappa shape index (κ3) is 3.13. The maximum absolute atomic E-state index is 4.61. The normalized spacial score (nSPS) is 11.1. The summed E-state index contributed by atoms with van der Waals surface area (Å²) >= 11 is 0. The molecule has 0 amide bonds. The molecule has 3 rings (SSSR count). The number of imidazole rings is 1. The first-order chi connectivity index (χ1) is 10.3. The van der Waals surface area contributed by atoms with E-state index < -0.39 is 0 Å². The van der Waals surface area contributed by atoms with Gasteiger partial charge in [-0.3, -0.25) is 4.98 Å².